The molecule has 0 radical (unpaired) electrons. The van der Waals surface area contributed by atoms with Crippen molar-refractivity contribution in [2.75, 3.05) is 13.1 Å². The molecule has 190 valence electrons. The highest BCUT2D eigenvalue weighted by molar-refractivity contribution is 6.30. The maximum Gasteiger partial charge on any atom is 0.269 e. The van der Waals surface area contributed by atoms with E-state index in [1.165, 1.54) is 12.3 Å². The summed E-state index contributed by atoms with van der Waals surface area (Å²) in [5.74, 6) is -4.58. The van der Waals surface area contributed by atoms with Crippen molar-refractivity contribution in [1.29, 1.82) is 5.26 Å². The van der Waals surface area contributed by atoms with E-state index in [4.69, 9.17) is 11.6 Å². The smallest absolute Gasteiger partial charge is 0.269 e. The normalized spacial score (nSPS) is 18.2. The first-order valence-corrected chi connectivity index (χ1v) is 12.2. The van der Waals surface area contributed by atoms with Crippen LogP contribution in [-0.4, -0.2) is 40.7 Å². The number of carbonyl (C=O) groups is 2. The van der Waals surface area contributed by atoms with Crippen molar-refractivity contribution in [3.63, 3.8) is 0 Å². The van der Waals surface area contributed by atoms with Crippen LogP contribution < -0.4 is 5.32 Å². The molecule has 0 bridgehead atoms. The van der Waals surface area contributed by atoms with Gasteiger partial charge in [0.15, 0.2) is 5.54 Å². The zero-order chi connectivity index (χ0) is 26.9. The van der Waals surface area contributed by atoms with Gasteiger partial charge in [0.1, 0.15) is 0 Å². The van der Waals surface area contributed by atoms with Crippen molar-refractivity contribution in [1.82, 2.24) is 15.2 Å². The minimum Gasteiger partial charge on any atom is -0.343 e. The number of nitrogens with one attached hydrogen (secondary N) is 1. The van der Waals surface area contributed by atoms with Gasteiger partial charge in [-0.3, -0.25) is 14.6 Å². The first kappa shape index (κ1) is 25.3. The molecule has 1 saturated heterocycles. The summed E-state index contributed by atoms with van der Waals surface area (Å²) in [6.07, 6.45) is 0.667. The Balaban J connectivity index is 1.40. The monoisotopic (exact) mass is 530 g/mol. The number of amides is 2. The zero-order valence-electron chi connectivity index (χ0n) is 20.0. The standard InChI is InChI=1S/C29H21ClF2N4O2/c30-22-9-6-19(7-10-22)20-8-11-25-24(14-20)23(12-13-34-25)27(38)35-15-26(37)36-18-29(31,32)16-28(36,17-33)21-4-2-1-3-5-21/h1-14H,15-16,18H2,(H,35,38)/t28-/m0/s1. The fourth-order valence-corrected chi connectivity index (χ4v) is 4.97. The third-order valence-corrected chi connectivity index (χ3v) is 6.92. The summed E-state index contributed by atoms with van der Waals surface area (Å²) in [7, 11) is 0. The maximum absolute atomic E-state index is 14.5. The number of pyridine rings is 1. The summed E-state index contributed by atoms with van der Waals surface area (Å²) in [4.78, 5) is 31.5. The van der Waals surface area contributed by atoms with Gasteiger partial charge in [-0.2, -0.15) is 5.26 Å². The molecule has 1 atom stereocenters. The molecule has 0 saturated carbocycles. The highest BCUT2D eigenvalue weighted by Crippen LogP contribution is 2.45. The van der Waals surface area contributed by atoms with Gasteiger partial charge in [0, 0.05) is 16.6 Å². The first-order chi connectivity index (χ1) is 18.2. The van der Waals surface area contributed by atoms with Crippen molar-refractivity contribution < 1.29 is 18.4 Å². The van der Waals surface area contributed by atoms with Gasteiger partial charge in [-0.1, -0.05) is 60.1 Å². The van der Waals surface area contributed by atoms with Crippen molar-refractivity contribution >= 4 is 34.3 Å². The summed E-state index contributed by atoms with van der Waals surface area (Å²) in [6.45, 7) is -1.46. The predicted molar refractivity (Wildman–Crippen MR) is 140 cm³/mol. The van der Waals surface area contributed by atoms with Crippen LogP contribution in [0.4, 0.5) is 8.78 Å². The lowest BCUT2D eigenvalue weighted by Gasteiger charge is -2.32. The summed E-state index contributed by atoms with van der Waals surface area (Å²) in [6, 6.07) is 24.3. The second-order valence-corrected chi connectivity index (χ2v) is 9.57. The Labute approximate surface area is 222 Å². The van der Waals surface area contributed by atoms with Crippen LogP contribution in [0.5, 0.6) is 0 Å². The SMILES string of the molecule is N#C[C@]1(c2ccccc2)CC(F)(F)CN1C(=O)CNC(=O)c1ccnc2ccc(-c3ccc(Cl)cc3)cc12. The average Bonchev–Trinajstić information content (AvgIpc) is 3.23. The summed E-state index contributed by atoms with van der Waals surface area (Å²) < 4.78 is 29.0. The minimum absolute atomic E-state index is 0.278. The van der Waals surface area contributed by atoms with Gasteiger partial charge in [-0.05, 0) is 47.0 Å². The molecule has 1 aromatic heterocycles. The number of halogens is 3. The van der Waals surface area contributed by atoms with E-state index in [1.54, 1.807) is 48.5 Å². The summed E-state index contributed by atoms with van der Waals surface area (Å²) in [5.41, 5.74) is 1.06. The number of benzene rings is 3. The van der Waals surface area contributed by atoms with Gasteiger partial charge in [0.05, 0.1) is 36.7 Å². The van der Waals surface area contributed by atoms with Crippen LogP contribution >= 0.6 is 11.6 Å². The number of alkyl halides is 2. The van der Waals surface area contributed by atoms with E-state index in [2.05, 4.69) is 10.3 Å². The molecule has 0 aliphatic carbocycles. The minimum atomic E-state index is -3.25. The van der Waals surface area contributed by atoms with Crippen LogP contribution in [0, 0.1) is 11.3 Å². The Hall–Kier alpha value is -4.35. The molecule has 5 rings (SSSR count). The Bertz CT molecular complexity index is 1570. The largest absolute Gasteiger partial charge is 0.343 e. The van der Waals surface area contributed by atoms with Crippen LogP contribution in [0.15, 0.2) is 85.1 Å². The van der Waals surface area contributed by atoms with Gasteiger partial charge >= 0.3 is 0 Å². The highest BCUT2D eigenvalue weighted by atomic mass is 35.5. The molecule has 0 unspecified atom stereocenters. The van der Waals surface area contributed by atoms with Gasteiger partial charge in [0.25, 0.3) is 11.8 Å². The topological polar surface area (TPSA) is 86.1 Å². The van der Waals surface area contributed by atoms with Gasteiger partial charge in [-0.25, -0.2) is 8.78 Å². The molecule has 2 amide bonds. The first-order valence-electron chi connectivity index (χ1n) is 11.8. The molecular formula is C29H21ClF2N4O2. The van der Waals surface area contributed by atoms with E-state index in [0.29, 0.717) is 21.5 Å². The van der Waals surface area contributed by atoms with Crippen LogP contribution in [0.3, 0.4) is 0 Å². The van der Waals surface area contributed by atoms with Crippen LogP contribution in [0.25, 0.3) is 22.0 Å². The summed E-state index contributed by atoms with van der Waals surface area (Å²) in [5, 5.41) is 13.7. The van der Waals surface area contributed by atoms with Crippen molar-refractivity contribution in [3.8, 4) is 17.2 Å². The van der Waals surface area contributed by atoms with Crippen LogP contribution in [-0.2, 0) is 10.3 Å². The average molecular weight is 531 g/mol. The van der Waals surface area contributed by atoms with Crippen LogP contribution in [0.2, 0.25) is 5.02 Å². The van der Waals surface area contributed by atoms with Crippen molar-refractivity contribution in [3.05, 3.63) is 101 Å². The molecule has 4 aromatic rings. The Morgan fingerprint density at radius 1 is 1.03 bits per heavy atom. The number of fused-ring (bicyclic) bond motifs is 1. The molecule has 2 heterocycles. The second kappa shape index (κ2) is 9.84. The van der Waals surface area contributed by atoms with E-state index in [0.717, 1.165) is 16.0 Å². The number of hydrogen-bond acceptors (Lipinski definition) is 4. The number of carbonyl (C=O) groups excluding carboxylic acids is 2. The number of nitrogens with zero attached hydrogens (tertiary/aromatic N) is 3. The van der Waals surface area contributed by atoms with Gasteiger partial charge < -0.3 is 10.2 Å². The Kier molecular flexibility index (Phi) is 6.55. The number of rotatable bonds is 5. The number of aromatic nitrogens is 1. The van der Waals surface area contributed by atoms with Crippen molar-refractivity contribution in [2.24, 2.45) is 0 Å². The van der Waals surface area contributed by atoms with E-state index in [1.807, 2.05) is 30.3 Å². The van der Waals surface area contributed by atoms with E-state index in [-0.39, 0.29) is 5.56 Å². The fourth-order valence-electron chi connectivity index (χ4n) is 4.84. The lowest BCUT2D eigenvalue weighted by Crippen LogP contribution is -2.48. The third-order valence-electron chi connectivity index (χ3n) is 6.67. The number of hydrogen-bond donors (Lipinski definition) is 1. The lowest BCUT2D eigenvalue weighted by atomic mass is 9.88. The maximum atomic E-state index is 14.5. The Morgan fingerprint density at radius 3 is 2.45 bits per heavy atom. The fraction of sp³-hybridized carbons (Fsp3) is 0.172. The third kappa shape index (κ3) is 4.69. The Morgan fingerprint density at radius 2 is 1.74 bits per heavy atom. The number of nitriles is 1. The molecule has 1 aliphatic rings. The van der Waals surface area contributed by atoms with Crippen LogP contribution in [0.1, 0.15) is 22.3 Å². The van der Waals surface area contributed by atoms with E-state index in [9.17, 15) is 23.6 Å². The molecular weight excluding hydrogens is 510 g/mol. The molecule has 38 heavy (non-hydrogen) atoms. The van der Waals surface area contributed by atoms with E-state index < -0.39 is 42.8 Å². The highest BCUT2D eigenvalue weighted by Gasteiger charge is 2.58. The van der Waals surface area contributed by atoms with Gasteiger partial charge in [-0.15, -0.1) is 0 Å². The molecule has 1 fully saturated rings. The lowest BCUT2D eigenvalue weighted by molar-refractivity contribution is -0.133. The summed E-state index contributed by atoms with van der Waals surface area (Å²) >= 11 is 5.99. The number of likely N-dealkylation sites (tertiary alicyclic amines) is 1. The zero-order valence-corrected chi connectivity index (χ0v) is 20.8. The molecule has 6 nitrogen and oxygen atoms in total. The van der Waals surface area contributed by atoms with Gasteiger partial charge in [0.2, 0.25) is 5.91 Å². The van der Waals surface area contributed by atoms with E-state index >= 15 is 0 Å². The predicted octanol–water partition coefficient (Wildman–Crippen LogP) is 5.57. The molecule has 0 spiro atoms. The van der Waals surface area contributed by atoms with Crippen molar-refractivity contribution in [2.45, 2.75) is 17.9 Å². The quantitative estimate of drug-likeness (QED) is 0.365. The molecule has 1 aliphatic heterocycles. The molecule has 1 N–H and O–H groups in total. The molecule has 9 heteroatoms. The second-order valence-electron chi connectivity index (χ2n) is 9.13. The molecule has 3 aromatic carbocycles.